The van der Waals surface area contributed by atoms with E-state index in [1.165, 1.54) is 0 Å². The largest absolute Gasteiger partial charge is 0.378 e. The molecule has 2 amide bonds. The Bertz CT molecular complexity index is 619. The fourth-order valence-electron chi connectivity index (χ4n) is 3.38. The molecule has 0 bridgehead atoms. The Kier molecular flexibility index (Phi) is 6.20. The van der Waals surface area contributed by atoms with Crippen LogP contribution in [0.2, 0.25) is 10.0 Å². The zero-order valence-corrected chi connectivity index (χ0v) is 15.6. The molecule has 0 atom stereocenters. The van der Waals surface area contributed by atoms with Crippen molar-refractivity contribution < 1.29 is 14.3 Å². The Labute approximate surface area is 157 Å². The van der Waals surface area contributed by atoms with Crippen molar-refractivity contribution in [2.75, 3.05) is 39.4 Å². The molecule has 0 N–H and O–H groups in total. The van der Waals surface area contributed by atoms with Gasteiger partial charge in [0.2, 0.25) is 11.8 Å². The predicted molar refractivity (Wildman–Crippen MR) is 96.9 cm³/mol. The van der Waals surface area contributed by atoms with Gasteiger partial charge in [-0.2, -0.15) is 0 Å². The normalized spacial score (nSPS) is 19.1. The van der Waals surface area contributed by atoms with Crippen molar-refractivity contribution in [2.24, 2.45) is 5.92 Å². The van der Waals surface area contributed by atoms with E-state index in [9.17, 15) is 9.59 Å². The highest BCUT2D eigenvalue weighted by Crippen LogP contribution is 2.26. The average molecular weight is 385 g/mol. The number of hydrogen-bond donors (Lipinski definition) is 0. The Hall–Kier alpha value is -1.30. The van der Waals surface area contributed by atoms with E-state index in [-0.39, 0.29) is 24.2 Å². The summed E-state index contributed by atoms with van der Waals surface area (Å²) in [4.78, 5) is 28.8. The number of hydrogen-bond acceptors (Lipinski definition) is 3. The third-order valence-corrected chi connectivity index (χ3v) is 5.62. The number of rotatable bonds is 3. The van der Waals surface area contributed by atoms with Crippen LogP contribution in [-0.2, 0) is 20.7 Å². The van der Waals surface area contributed by atoms with Crippen LogP contribution in [0, 0.1) is 5.92 Å². The first-order valence-corrected chi connectivity index (χ1v) is 9.39. The van der Waals surface area contributed by atoms with Crippen LogP contribution >= 0.6 is 23.2 Å². The van der Waals surface area contributed by atoms with Gasteiger partial charge in [0.15, 0.2) is 0 Å². The van der Waals surface area contributed by atoms with Gasteiger partial charge in [0.1, 0.15) is 0 Å². The number of likely N-dealkylation sites (tertiary alicyclic amines) is 1. The number of carbonyl (C=O) groups is 2. The summed E-state index contributed by atoms with van der Waals surface area (Å²) in [5.74, 6) is 0.211. The van der Waals surface area contributed by atoms with E-state index in [0.717, 1.165) is 0 Å². The minimum absolute atomic E-state index is 0.00560. The Morgan fingerprint density at radius 1 is 1.00 bits per heavy atom. The number of ether oxygens (including phenoxy) is 1. The van der Waals surface area contributed by atoms with Crippen LogP contribution in [0.5, 0.6) is 0 Å². The summed E-state index contributed by atoms with van der Waals surface area (Å²) in [6, 6.07) is 5.24. The number of morpholine rings is 1. The van der Waals surface area contributed by atoms with Crippen molar-refractivity contribution in [2.45, 2.75) is 19.3 Å². The third-order valence-electron chi connectivity index (χ3n) is 4.91. The Balaban J connectivity index is 1.53. The van der Waals surface area contributed by atoms with E-state index in [0.29, 0.717) is 67.8 Å². The zero-order chi connectivity index (χ0) is 17.8. The fraction of sp³-hybridized carbons (Fsp3) is 0.556. The Morgan fingerprint density at radius 2 is 1.60 bits per heavy atom. The monoisotopic (exact) mass is 384 g/mol. The molecule has 0 unspecified atom stereocenters. The van der Waals surface area contributed by atoms with Crippen molar-refractivity contribution >= 4 is 35.0 Å². The van der Waals surface area contributed by atoms with Crippen LogP contribution in [0.4, 0.5) is 0 Å². The number of nitrogens with zero attached hydrogens (tertiary/aromatic N) is 2. The minimum Gasteiger partial charge on any atom is -0.378 e. The summed E-state index contributed by atoms with van der Waals surface area (Å²) in [6.07, 6.45) is 1.61. The molecule has 2 aliphatic heterocycles. The standard InChI is InChI=1S/C18H22Cl2N2O3/c19-15-2-1-3-16(20)14(15)12-17(23)21-6-4-13(5-7-21)18(24)22-8-10-25-11-9-22/h1-3,13H,4-12H2. The van der Waals surface area contributed by atoms with Crippen molar-refractivity contribution in [1.82, 2.24) is 9.80 Å². The SMILES string of the molecule is O=C(Cc1c(Cl)cccc1Cl)N1CCC(C(=O)N2CCOCC2)CC1. The highest BCUT2D eigenvalue weighted by molar-refractivity contribution is 6.36. The average Bonchev–Trinajstić information content (AvgIpc) is 2.65. The second kappa shape index (κ2) is 8.39. The van der Waals surface area contributed by atoms with Crippen LogP contribution in [0.3, 0.4) is 0 Å². The molecule has 2 heterocycles. The molecule has 0 spiro atoms. The molecule has 0 aromatic heterocycles. The summed E-state index contributed by atoms with van der Waals surface area (Å²) in [5.41, 5.74) is 0.669. The molecule has 0 radical (unpaired) electrons. The molecule has 3 rings (SSSR count). The van der Waals surface area contributed by atoms with Crippen molar-refractivity contribution in [3.8, 4) is 0 Å². The summed E-state index contributed by atoms with van der Waals surface area (Å²) in [5, 5.41) is 1.02. The number of halogens is 2. The van der Waals surface area contributed by atoms with Crippen LogP contribution in [-0.4, -0.2) is 61.0 Å². The lowest BCUT2D eigenvalue weighted by Crippen LogP contribution is -2.47. The van der Waals surface area contributed by atoms with E-state index in [4.69, 9.17) is 27.9 Å². The minimum atomic E-state index is 0.00560. The summed E-state index contributed by atoms with van der Waals surface area (Å²) in [7, 11) is 0. The second-order valence-electron chi connectivity index (χ2n) is 6.47. The van der Waals surface area contributed by atoms with Gasteiger partial charge < -0.3 is 14.5 Å². The van der Waals surface area contributed by atoms with Crippen molar-refractivity contribution in [1.29, 1.82) is 0 Å². The second-order valence-corrected chi connectivity index (χ2v) is 7.28. The van der Waals surface area contributed by atoms with E-state index in [2.05, 4.69) is 0 Å². The quantitative estimate of drug-likeness (QED) is 0.804. The topological polar surface area (TPSA) is 49.9 Å². The highest BCUT2D eigenvalue weighted by Gasteiger charge is 2.31. The maximum absolute atomic E-state index is 12.5. The first-order valence-electron chi connectivity index (χ1n) is 8.63. The lowest BCUT2D eigenvalue weighted by Gasteiger charge is -2.35. The van der Waals surface area contributed by atoms with Crippen molar-refractivity contribution in [3.05, 3.63) is 33.8 Å². The van der Waals surface area contributed by atoms with Crippen LogP contribution in [0.1, 0.15) is 18.4 Å². The molecule has 0 aliphatic carbocycles. The highest BCUT2D eigenvalue weighted by atomic mass is 35.5. The zero-order valence-electron chi connectivity index (χ0n) is 14.0. The molecule has 5 nitrogen and oxygen atoms in total. The van der Waals surface area contributed by atoms with Gasteiger partial charge in [0.05, 0.1) is 19.6 Å². The van der Waals surface area contributed by atoms with Gasteiger partial charge in [-0.15, -0.1) is 0 Å². The molecule has 2 fully saturated rings. The van der Waals surface area contributed by atoms with Gasteiger partial charge in [-0.3, -0.25) is 9.59 Å². The predicted octanol–water partition coefficient (Wildman–Crippen LogP) is 2.63. The van der Waals surface area contributed by atoms with E-state index < -0.39 is 0 Å². The first kappa shape index (κ1) is 18.5. The van der Waals surface area contributed by atoms with Gasteiger partial charge in [0.25, 0.3) is 0 Å². The fourth-order valence-corrected chi connectivity index (χ4v) is 3.91. The Morgan fingerprint density at radius 3 is 2.20 bits per heavy atom. The van der Waals surface area contributed by atoms with Gasteiger partial charge in [-0.1, -0.05) is 29.3 Å². The van der Waals surface area contributed by atoms with Gasteiger partial charge in [-0.25, -0.2) is 0 Å². The first-order chi connectivity index (χ1) is 12.1. The number of benzene rings is 1. The maximum Gasteiger partial charge on any atom is 0.227 e. The summed E-state index contributed by atoms with van der Waals surface area (Å²) >= 11 is 12.3. The number of amides is 2. The number of carbonyl (C=O) groups excluding carboxylic acids is 2. The number of piperidine rings is 1. The van der Waals surface area contributed by atoms with E-state index in [1.54, 1.807) is 18.2 Å². The van der Waals surface area contributed by atoms with Gasteiger partial charge in [0, 0.05) is 42.1 Å². The lowest BCUT2D eigenvalue weighted by atomic mass is 9.94. The van der Waals surface area contributed by atoms with Crippen LogP contribution < -0.4 is 0 Å². The van der Waals surface area contributed by atoms with Gasteiger partial charge >= 0.3 is 0 Å². The molecule has 136 valence electrons. The molecule has 7 heteroatoms. The molecule has 2 saturated heterocycles. The smallest absolute Gasteiger partial charge is 0.227 e. The molecular weight excluding hydrogens is 363 g/mol. The van der Waals surface area contributed by atoms with E-state index in [1.807, 2.05) is 9.80 Å². The van der Waals surface area contributed by atoms with Crippen molar-refractivity contribution in [3.63, 3.8) is 0 Å². The summed E-state index contributed by atoms with van der Waals surface area (Å²) < 4.78 is 5.29. The molecule has 0 saturated carbocycles. The van der Waals surface area contributed by atoms with Gasteiger partial charge in [-0.05, 0) is 30.5 Å². The molecule has 1 aromatic rings. The third kappa shape index (κ3) is 4.46. The maximum atomic E-state index is 12.5. The van der Waals surface area contributed by atoms with Crippen LogP contribution in [0.15, 0.2) is 18.2 Å². The van der Waals surface area contributed by atoms with E-state index >= 15 is 0 Å². The molecule has 25 heavy (non-hydrogen) atoms. The molecule has 2 aliphatic rings. The molecular formula is C18H22Cl2N2O3. The van der Waals surface area contributed by atoms with Crippen LogP contribution in [0.25, 0.3) is 0 Å². The summed E-state index contributed by atoms with van der Waals surface area (Å²) in [6.45, 7) is 3.76. The molecule has 1 aromatic carbocycles. The lowest BCUT2D eigenvalue weighted by molar-refractivity contribution is -0.143.